The normalized spacial score (nSPS) is 24.3. The molecule has 0 aromatic rings. The molecule has 0 saturated heterocycles. The molecule has 1 rings (SSSR count). The van der Waals surface area contributed by atoms with Crippen LogP contribution in [0.2, 0.25) is 0 Å². The van der Waals surface area contributed by atoms with Crippen LogP contribution in [-0.2, 0) is 23.9 Å². The van der Waals surface area contributed by atoms with Crippen LogP contribution >= 0.6 is 0 Å². The number of amides is 1. The summed E-state index contributed by atoms with van der Waals surface area (Å²) in [6, 6.07) is 0. The summed E-state index contributed by atoms with van der Waals surface area (Å²) in [5.74, 6) is -0.955. The van der Waals surface area contributed by atoms with Gasteiger partial charge in [-0.1, -0.05) is 13.3 Å². The number of carbonyl (C=O) groups excluding carboxylic acids is 2. The zero-order valence-corrected chi connectivity index (χ0v) is 12.8. The van der Waals surface area contributed by atoms with Crippen LogP contribution in [0.4, 0.5) is 0 Å². The van der Waals surface area contributed by atoms with Crippen LogP contribution in [-0.4, -0.2) is 50.9 Å². The highest BCUT2D eigenvalue weighted by Gasteiger charge is 2.67. The number of unbranched alkanes of at least 4 members (excludes halogenated alkanes) is 1. The average Bonchev–Trinajstić information content (AvgIpc) is 3.18. The van der Waals surface area contributed by atoms with Gasteiger partial charge in [0.15, 0.2) is 5.41 Å². The predicted octanol–water partition coefficient (Wildman–Crippen LogP) is 1.39. The SMILES string of the molecule is CCCCOC[C@H]1C[C@]1(C(=O)OCC)C(=O)N(C)OC. The highest BCUT2D eigenvalue weighted by molar-refractivity contribution is 6.05. The molecule has 0 bridgehead atoms. The van der Waals surface area contributed by atoms with Crippen LogP contribution in [0.15, 0.2) is 0 Å². The molecule has 1 amide bonds. The molecule has 0 aliphatic heterocycles. The second-order valence-corrected chi connectivity index (χ2v) is 5.01. The van der Waals surface area contributed by atoms with E-state index >= 15 is 0 Å². The van der Waals surface area contributed by atoms with Gasteiger partial charge in [-0.2, -0.15) is 0 Å². The number of hydrogen-bond acceptors (Lipinski definition) is 5. The van der Waals surface area contributed by atoms with Crippen molar-refractivity contribution < 1.29 is 23.9 Å². The Labute approximate surface area is 120 Å². The van der Waals surface area contributed by atoms with Gasteiger partial charge in [0.2, 0.25) is 0 Å². The lowest BCUT2D eigenvalue weighted by molar-refractivity contribution is -0.182. The molecule has 1 fully saturated rings. The Kier molecular flexibility index (Phi) is 6.42. The number of ether oxygens (including phenoxy) is 2. The first-order valence-corrected chi connectivity index (χ1v) is 7.11. The first-order valence-electron chi connectivity index (χ1n) is 7.11. The van der Waals surface area contributed by atoms with E-state index in [1.165, 1.54) is 14.2 Å². The molecule has 0 spiro atoms. The molecule has 0 aromatic heterocycles. The number of rotatable bonds is 9. The molecule has 116 valence electrons. The van der Waals surface area contributed by atoms with E-state index in [0.29, 0.717) is 19.6 Å². The molecule has 20 heavy (non-hydrogen) atoms. The van der Waals surface area contributed by atoms with Crippen LogP contribution in [0.25, 0.3) is 0 Å². The molecule has 1 aliphatic carbocycles. The molecule has 1 aliphatic rings. The monoisotopic (exact) mass is 287 g/mol. The third-order valence-corrected chi connectivity index (χ3v) is 3.65. The summed E-state index contributed by atoms with van der Waals surface area (Å²) in [7, 11) is 2.89. The number of carbonyl (C=O) groups is 2. The second kappa shape index (κ2) is 7.59. The van der Waals surface area contributed by atoms with Gasteiger partial charge in [0, 0.05) is 19.6 Å². The molecule has 0 N–H and O–H groups in total. The van der Waals surface area contributed by atoms with Crippen LogP contribution < -0.4 is 0 Å². The van der Waals surface area contributed by atoms with Gasteiger partial charge >= 0.3 is 5.97 Å². The molecule has 0 heterocycles. The van der Waals surface area contributed by atoms with Gasteiger partial charge in [-0.15, -0.1) is 0 Å². The van der Waals surface area contributed by atoms with Crippen LogP contribution in [0.1, 0.15) is 33.1 Å². The molecule has 6 heteroatoms. The minimum absolute atomic E-state index is 0.122. The Morgan fingerprint density at radius 3 is 2.60 bits per heavy atom. The van der Waals surface area contributed by atoms with E-state index in [0.717, 1.165) is 17.9 Å². The minimum atomic E-state index is -1.12. The van der Waals surface area contributed by atoms with E-state index in [1.54, 1.807) is 6.92 Å². The molecule has 1 saturated carbocycles. The van der Waals surface area contributed by atoms with Gasteiger partial charge in [0.1, 0.15) is 0 Å². The van der Waals surface area contributed by atoms with Crippen molar-refractivity contribution in [1.82, 2.24) is 5.06 Å². The Hall–Kier alpha value is -1.14. The van der Waals surface area contributed by atoms with Crippen molar-refractivity contribution in [3.63, 3.8) is 0 Å². The molecular weight excluding hydrogens is 262 g/mol. The number of esters is 1. The number of nitrogens with zero attached hydrogens (tertiary/aromatic N) is 1. The van der Waals surface area contributed by atoms with Crippen molar-refractivity contribution in [1.29, 1.82) is 0 Å². The first-order chi connectivity index (χ1) is 9.54. The van der Waals surface area contributed by atoms with Crippen LogP contribution in [0.3, 0.4) is 0 Å². The summed E-state index contributed by atoms with van der Waals surface area (Å²) >= 11 is 0. The Morgan fingerprint density at radius 1 is 1.35 bits per heavy atom. The Morgan fingerprint density at radius 2 is 2.05 bits per heavy atom. The van der Waals surface area contributed by atoms with Crippen molar-refractivity contribution in [2.75, 3.05) is 34.0 Å². The Bertz CT molecular complexity index is 346. The summed E-state index contributed by atoms with van der Waals surface area (Å²) in [5, 5.41) is 1.09. The van der Waals surface area contributed by atoms with Crippen LogP contribution in [0, 0.1) is 11.3 Å². The van der Waals surface area contributed by atoms with E-state index in [9.17, 15) is 9.59 Å². The predicted molar refractivity (Wildman–Crippen MR) is 72.7 cm³/mol. The molecular formula is C14H25NO5. The van der Waals surface area contributed by atoms with Gasteiger partial charge < -0.3 is 9.47 Å². The van der Waals surface area contributed by atoms with E-state index in [4.69, 9.17) is 14.3 Å². The summed E-state index contributed by atoms with van der Waals surface area (Å²) < 4.78 is 10.6. The molecule has 2 atom stereocenters. The zero-order valence-electron chi connectivity index (χ0n) is 12.8. The summed E-state index contributed by atoms with van der Waals surface area (Å²) in [6.07, 6.45) is 2.49. The van der Waals surface area contributed by atoms with E-state index in [2.05, 4.69) is 6.92 Å². The summed E-state index contributed by atoms with van der Waals surface area (Å²) in [4.78, 5) is 29.3. The lowest BCUT2D eigenvalue weighted by atomic mass is 10.0. The van der Waals surface area contributed by atoms with E-state index in [1.807, 2.05) is 0 Å². The largest absolute Gasteiger partial charge is 0.465 e. The number of hydroxylamine groups is 2. The average molecular weight is 287 g/mol. The summed E-state index contributed by atoms with van der Waals surface area (Å²) in [6.45, 7) is 5.13. The first kappa shape index (κ1) is 16.9. The fourth-order valence-electron chi connectivity index (χ4n) is 2.23. The molecule has 0 aromatic carbocycles. The van der Waals surface area contributed by atoms with Crippen molar-refractivity contribution in [3.8, 4) is 0 Å². The van der Waals surface area contributed by atoms with Crippen molar-refractivity contribution >= 4 is 11.9 Å². The standard InChI is InChI=1S/C14H25NO5/c1-5-7-8-19-10-11-9-14(11,13(17)20-6-2)12(16)15(3)18-4/h11H,5-10H2,1-4H3/t11-,14-/m1/s1. The maximum atomic E-state index is 12.3. The van der Waals surface area contributed by atoms with Gasteiger partial charge in [-0.25, -0.2) is 5.06 Å². The molecule has 0 radical (unpaired) electrons. The third-order valence-electron chi connectivity index (χ3n) is 3.65. The third kappa shape index (κ3) is 3.49. The van der Waals surface area contributed by atoms with Gasteiger partial charge in [-0.05, 0) is 19.8 Å². The van der Waals surface area contributed by atoms with E-state index in [-0.39, 0.29) is 18.4 Å². The van der Waals surface area contributed by atoms with E-state index < -0.39 is 11.4 Å². The highest BCUT2D eigenvalue weighted by Crippen LogP contribution is 2.54. The Balaban J connectivity index is 2.65. The van der Waals surface area contributed by atoms with Crippen molar-refractivity contribution in [2.45, 2.75) is 33.1 Å². The van der Waals surface area contributed by atoms with Crippen molar-refractivity contribution in [3.05, 3.63) is 0 Å². The maximum absolute atomic E-state index is 12.3. The smallest absolute Gasteiger partial charge is 0.322 e. The zero-order chi connectivity index (χ0) is 15.2. The number of hydrogen-bond donors (Lipinski definition) is 0. The van der Waals surface area contributed by atoms with Gasteiger partial charge in [0.25, 0.3) is 5.91 Å². The van der Waals surface area contributed by atoms with Crippen molar-refractivity contribution in [2.24, 2.45) is 11.3 Å². The lowest BCUT2D eigenvalue weighted by Crippen LogP contribution is -2.40. The lowest BCUT2D eigenvalue weighted by Gasteiger charge is -2.21. The quantitative estimate of drug-likeness (QED) is 0.277. The van der Waals surface area contributed by atoms with Gasteiger partial charge in [0.05, 0.1) is 20.3 Å². The maximum Gasteiger partial charge on any atom is 0.322 e. The highest BCUT2D eigenvalue weighted by atomic mass is 16.7. The summed E-state index contributed by atoms with van der Waals surface area (Å²) in [5.41, 5.74) is -1.12. The minimum Gasteiger partial charge on any atom is -0.465 e. The fraction of sp³-hybridized carbons (Fsp3) is 0.857. The van der Waals surface area contributed by atoms with Gasteiger partial charge in [-0.3, -0.25) is 14.4 Å². The molecule has 6 nitrogen and oxygen atoms in total. The van der Waals surface area contributed by atoms with Crippen LogP contribution in [0.5, 0.6) is 0 Å². The topological polar surface area (TPSA) is 65.1 Å². The molecule has 0 unspecified atom stereocenters. The second-order valence-electron chi connectivity index (χ2n) is 5.01. The fourth-order valence-corrected chi connectivity index (χ4v) is 2.23.